The largest absolute Gasteiger partial charge is 0.497 e. The minimum absolute atomic E-state index is 0.141. The van der Waals surface area contributed by atoms with Gasteiger partial charge < -0.3 is 4.74 Å². The molecule has 0 unspecified atom stereocenters. The van der Waals surface area contributed by atoms with Crippen LogP contribution >= 0.6 is 15.9 Å². The number of methoxy groups -OCH3 is 1. The zero-order valence-corrected chi connectivity index (χ0v) is 18.1. The number of halogens is 1. The van der Waals surface area contributed by atoms with E-state index in [1.807, 2.05) is 24.3 Å². The fourth-order valence-corrected chi connectivity index (χ4v) is 4.32. The molecule has 0 fully saturated rings. The third-order valence-electron chi connectivity index (χ3n) is 4.40. The highest BCUT2D eigenvalue weighted by Gasteiger charge is 2.18. The molecular formula is C20H16BrN5O3S. The van der Waals surface area contributed by atoms with Crippen molar-refractivity contribution >= 4 is 31.6 Å². The van der Waals surface area contributed by atoms with Crippen LogP contribution in [0.4, 0.5) is 5.69 Å². The van der Waals surface area contributed by atoms with Crippen LogP contribution in [0.15, 0.2) is 76.1 Å². The predicted molar refractivity (Wildman–Crippen MR) is 117 cm³/mol. The van der Waals surface area contributed by atoms with E-state index in [-0.39, 0.29) is 10.7 Å². The number of nitrogens with one attached hydrogen (secondary N) is 2. The van der Waals surface area contributed by atoms with E-state index in [1.165, 1.54) is 0 Å². The molecule has 0 atom stereocenters. The van der Waals surface area contributed by atoms with E-state index in [2.05, 4.69) is 41.3 Å². The highest BCUT2D eigenvalue weighted by Crippen LogP contribution is 2.30. The molecule has 1 heterocycles. The summed E-state index contributed by atoms with van der Waals surface area (Å²) in [5.41, 5.74) is 2.70. The third-order valence-corrected chi connectivity index (χ3v) is 6.27. The van der Waals surface area contributed by atoms with Gasteiger partial charge in [-0.25, -0.2) is 8.42 Å². The Morgan fingerprint density at radius 1 is 0.967 bits per heavy atom. The van der Waals surface area contributed by atoms with E-state index in [4.69, 9.17) is 4.74 Å². The number of anilines is 1. The van der Waals surface area contributed by atoms with Crippen molar-refractivity contribution in [3.63, 3.8) is 0 Å². The van der Waals surface area contributed by atoms with Gasteiger partial charge in [-0.05, 0) is 58.8 Å². The van der Waals surface area contributed by atoms with Crippen molar-refractivity contribution in [2.24, 2.45) is 0 Å². The fraction of sp³-hybridized carbons (Fsp3) is 0.0500. The van der Waals surface area contributed by atoms with Crippen LogP contribution in [0.5, 0.6) is 5.75 Å². The van der Waals surface area contributed by atoms with Crippen molar-refractivity contribution in [3.8, 4) is 28.3 Å². The van der Waals surface area contributed by atoms with Gasteiger partial charge in [-0.1, -0.05) is 40.2 Å². The maximum Gasteiger partial charge on any atom is 0.261 e. The SMILES string of the molecule is COc1ccc(-c2ccc(S(=O)(=O)Nc3ccc(Br)cc3-c3nn[nH]n3)cc2)cc1. The van der Waals surface area contributed by atoms with E-state index >= 15 is 0 Å². The first kappa shape index (κ1) is 20.0. The molecule has 0 amide bonds. The number of nitrogens with zero attached hydrogens (tertiary/aromatic N) is 3. The van der Waals surface area contributed by atoms with E-state index in [9.17, 15) is 8.42 Å². The first-order valence-electron chi connectivity index (χ1n) is 8.77. The summed E-state index contributed by atoms with van der Waals surface area (Å²) in [6.07, 6.45) is 0. The lowest BCUT2D eigenvalue weighted by atomic mass is 10.1. The molecule has 0 aliphatic heterocycles. The molecule has 0 spiro atoms. The number of aromatic amines is 1. The number of tetrazole rings is 1. The summed E-state index contributed by atoms with van der Waals surface area (Å²) in [5, 5.41) is 13.8. The van der Waals surface area contributed by atoms with Crippen LogP contribution in [0.2, 0.25) is 0 Å². The van der Waals surface area contributed by atoms with Crippen LogP contribution in [0, 0.1) is 0 Å². The molecule has 0 aliphatic rings. The van der Waals surface area contributed by atoms with Crippen molar-refractivity contribution in [1.29, 1.82) is 0 Å². The number of hydrogen-bond donors (Lipinski definition) is 2. The second-order valence-electron chi connectivity index (χ2n) is 6.28. The first-order valence-corrected chi connectivity index (χ1v) is 11.0. The van der Waals surface area contributed by atoms with E-state index < -0.39 is 10.0 Å². The molecule has 0 radical (unpaired) electrons. The van der Waals surface area contributed by atoms with Gasteiger partial charge in [0.2, 0.25) is 5.82 Å². The average molecular weight is 486 g/mol. The molecule has 0 saturated heterocycles. The lowest BCUT2D eigenvalue weighted by Crippen LogP contribution is -2.13. The van der Waals surface area contributed by atoms with Gasteiger partial charge in [-0.2, -0.15) is 5.21 Å². The van der Waals surface area contributed by atoms with E-state index in [0.29, 0.717) is 11.3 Å². The molecule has 152 valence electrons. The molecule has 10 heteroatoms. The Bertz CT molecular complexity index is 1260. The summed E-state index contributed by atoms with van der Waals surface area (Å²) in [5.74, 6) is 1.04. The minimum Gasteiger partial charge on any atom is -0.497 e. The normalized spacial score (nSPS) is 11.3. The highest BCUT2D eigenvalue weighted by molar-refractivity contribution is 9.10. The molecule has 0 saturated carbocycles. The highest BCUT2D eigenvalue weighted by atomic mass is 79.9. The van der Waals surface area contributed by atoms with E-state index in [1.54, 1.807) is 49.6 Å². The van der Waals surface area contributed by atoms with Crippen LogP contribution in [-0.2, 0) is 10.0 Å². The monoisotopic (exact) mass is 485 g/mol. The number of rotatable bonds is 6. The number of H-pyrrole nitrogens is 1. The molecule has 30 heavy (non-hydrogen) atoms. The molecule has 0 aliphatic carbocycles. The molecule has 4 aromatic rings. The van der Waals surface area contributed by atoms with Gasteiger partial charge in [-0.3, -0.25) is 4.72 Å². The quantitative estimate of drug-likeness (QED) is 0.425. The van der Waals surface area contributed by atoms with Gasteiger partial charge in [0, 0.05) is 10.0 Å². The number of benzene rings is 3. The average Bonchev–Trinajstić information content (AvgIpc) is 3.30. The number of sulfonamides is 1. The summed E-state index contributed by atoms with van der Waals surface area (Å²) >= 11 is 3.37. The molecular weight excluding hydrogens is 470 g/mol. The Balaban J connectivity index is 1.62. The van der Waals surface area contributed by atoms with Crippen LogP contribution in [0.1, 0.15) is 0 Å². The van der Waals surface area contributed by atoms with Crippen LogP contribution < -0.4 is 9.46 Å². The molecule has 8 nitrogen and oxygen atoms in total. The number of ether oxygens (including phenoxy) is 1. The summed E-state index contributed by atoms with van der Waals surface area (Å²) in [6.45, 7) is 0. The number of hydrogen-bond acceptors (Lipinski definition) is 6. The molecule has 3 aromatic carbocycles. The van der Waals surface area contributed by atoms with Gasteiger partial charge in [0.15, 0.2) is 0 Å². The fourth-order valence-electron chi connectivity index (χ4n) is 2.88. The Labute approximate surface area is 181 Å². The molecule has 4 rings (SSSR count). The standard InChI is InChI=1S/C20H16BrN5O3S/c1-29-16-7-2-13(3-8-16)14-4-9-17(10-5-14)30(27,28)24-19-11-6-15(21)12-18(19)20-22-25-26-23-20/h2-12,24H,1H3,(H,22,23,25,26). The van der Waals surface area contributed by atoms with Gasteiger partial charge in [0.1, 0.15) is 5.75 Å². The number of aromatic nitrogens is 4. The first-order chi connectivity index (χ1) is 14.5. The van der Waals surface area contributed by atoms with Crippen LogP contribution in [0.25, 0.3) is 22.5 Å². The van der Waals surface area contributed by atoms with Crippen LogP contribution in [-0.4, -0.2) is 36.2 Å². The summed E-state index contributed by atoms with van der Waals surface area (Å²) in [6, 6.07) is 19.3. The van der Waals surface area contributed by atoms with Crippen molar-refractivity contribution in [1.82, 2.24) is 20.6 Å². The topological polar surface area (TPSA) is 110 Å². The van der Waals surface area contributed by atoms with Gasteiger partial charge in [-0.15, -0.1) is 10.2 Å². The van der Waals surface area contributed by atoms with Crippen molar-refractivity contribution in [2.45, 2.75) is 4.90 Å². The Morgan fingerprint density at radius 3 is 2.23 bits per heavy atom. The Morgan fingerprint density at radius 2 is 1.63 bits per heavy atom. The van der Waals surface area contributed by atoms with Gasteiger partial charge >= 0.3 is 0 Å². The maximum absolute atomic E-state index is 12.9. The minimum atomic E-state index is -3.82. The second kappa shape index (κ2) is 8.25. The molecule has 1 aromatic heterocycles. The van der Waals surface area contributed by atoms with E-state index in [0.717, 1.165) is 21.3 Å². The van der Waals surface area contributed by atoms with Crippen molar-refractivity contribution in [2.75, 3.05) is 11.8 Å². The van der Waals surface area contributed by atoms with Gasteiger partial charge in [0.05, 0.1) is 17.7 Å². The summed E-state index contributed by atoms with van der Waals surface area (Å²) < 4.78 is 34.4. The zero-order valence-electron chi connectivity index (χ0n) is 15.7. The Kier molecular flexibility index (Phi) is 5.51. The Hall–Kier alpha value is -3.24. The summed E-state index contributed by atoms with van der Waals surface area (Å²) in [7, 11) is -2.21. The van der Waals surface area contributed by atoms with Gasteiger partial charge in [0.25, 0.3) is 10.0 Å². The smallest absolute Gasteiger partial charge is 0.261 e. The summed E-state index contributed by atoms with van der Waals surface area (Å²) in [4.78, 5) is 0.141. The van der Waals surface area contributed by atoms with Crippen LogP contribution in [0.3, 0.4) is 0 Å². The predicted octanol–water partition coefficient (Wildman–Crippen LogP) is 4.11. The van der Waals surface area contributed by atoms with Crippen molar-refractivity contribution < 1.29 is 13.2 Å². The second-order valence-corrected chi connectivity index (χ2v) is 8.88. The lowest BCUT2D eigenvalue weighted by Gasteiger charge is -2.12. The lowest BCUT2D eigenvalue weighted by molar-refractivity contribution is 0.415. The maximum atomic E-state index is 12.9. The third kappa shape index (κ3) is 4.19. The molecule has 2 N–H and O–H groups in total. The molecule has 0 bridgehead atoms. The zero-order chi connectivity index (χ0) is 21.1. The van der Waals surface area contributed by atoms with Crippen molar-refractivity contribution in [3.05, 3.63) is 71.2 Å².